The molecular weight excluding hydrogens is 474 g/mol. The quantitative estimate of drug-likeness (QED) is 0.323. The van der Waals surface area contributed by atoms with Gasteiger partial charge in [-0.3, -0.25) is 9.69 Å². The van der Waals surface area contributed by atoms with Gasteiger partial charge in [-0.2, -0.15) is 0 Å². The first-order chi connectivity index (χ1) is 18.3. The van der Waals surface area contributed by atoms with Crippen molar-refractivity contribution in [2.45, 2.75) is 45.2 Å². The number of aromatic nitrogens is 1. The van der Waals surface area contributed by atoms with Gasteiger partial charge in [-0.15, -0.1) is 0 Å². The van der Waals surface area contributed by atoms with Crippen LogP contribution in [0.5, 0.6) is 0 Å². The van der Waals surface area contributed by atoms with E-state index in [9.17, 15) is 14.7 Å². The number of carboxylic acid groups (broad SMARTS) is 1. The molecule has 1 saturated heterocycles. The zero-order chi connectivity index (χ0) is 26.8. The van der Waals surface area contributed by atoms with Crippen LogP contribution in [0.1, 0.15) is 64.4 Å². The van der Waals surface area contributed by atoms with Crippen LogP contribution in [0.15, 0.2) is 79.0 Å². The molecule has 2 heterocycles. The number of benzene rings is 3. The molecule has 1 amide bonds. The van der Waals surface area contributed by atoms with Crippen LogP contribution in [0.2, 0.25) is 0 Å². The lowest BCUT2D eigenvalue weighted by Crippen LogP contribution is -2.48. The lowest BCUT2D eigenvalue weighted by atomic mass is 10.00. The van der Waals surface area contributed by atoms with E-state index < -0.39 is 5.97 Å². The predicted molar refractivity (Wildman–Crippen MR) is 151 cm³/mol. The minimum Gasteiger partial charge on any atom is -0.478 e. The SMILES string of the molecule is CC(C)c1ccc(C(=O)N2CCCC(N(C)Cc3cn(-c4ccccc4)c4ccc(C(=O)O)cc34)C2)cc1. The molecule has 4 aromatic rings. The van der Waals surface area contributed by atoms with Crippen LogP contribution in [-0.4, -0.2) is 57.5 Å². The second-order valence-corrected chi connectivity index (χ2v) is 10.6. The maximum absolute atomic E-state index is 13.3. The minimum absolute atomic E-state index is 0.0881. The highest BCUT2D eigenvalue weighted by Crippen LogP contribution is 2.29. The molecule has 6 nitrogen and oxygen atoms in total. The topological polar surface area (TPSA) is 65.8 Å². The van der Waals surface area contributed by atoms with Crippen molar-refractivity contribution in [3.05, 3.63) is 101 Å². The number of aromatic carboxylic acids is 1. The number of amides is 1. The summed E-state index contributed by atoms with van der Waals surface area (Å²) >= 11 is 0. The Labute approximate surface area is 224 Å². The summed E-state index contributed by atoms with van der Waals surface area (Å²) in [5.74, 6) is -0.404. The van der Waals surface area contributed by atoms with E-state index in [4.69, 9.17) is 0 Å². The molecule has 0 radical (unpaired) electrons. The Balaban J connectivity index is 1.37. The molecule has 6 heteroatoms. The first-order valence-corrected chi connectivity index (χ1v) is 13.3. The summed E-state index contributed by atoms with van der Waals surface area (Å²) < 4.78 is 2.13. The summed E-state index contributed by atoms with van der Waals surface area (Å²) in [6.07, 6.45) is 4.09. The van der Waals surface area contributed by atoms with E-state index in [1.807, 2.05) is 41.3 Å². The van der Waals surface area contributed by atoms with Gasteiger partial charge in [-0.05, 0) is 79.4 Å². The van der Waals surface area contributed by atoms with E-state index in [1.54, 1.807) is 12.1 Å². The second-order valence-electron chi connectivity index (χ2n) is 10.6. The highest BCUT2D eigenvalue weighted by Gasteiger charge is 2.27. The zero-order valence-electron chi connectivity index (χ0n) is 22.3. The van der Waals surface area contributed by atoms with Crippen molar-refractivity contribution in [2.75, 3.05) is 20.1 Å². The van der Waals surface area contributed by atoms with Crippen molar-refractivity contribution in [1.29, 1.82) is 0 Å². The normalized spacial score (nSPS) is 15.9. The first-order valence-electron chi connectivity index (χ1n) is 13.3. The van der Waals surface area contributed by atoms with Crippen molar-refractivity contribution >= 4 is 22.8 Å². The van der Waals surface area contributed by atoms with Gasteiger partial charge in [0.25, 0.3) is 5.91 Å². The average molecular weight is 510 g/mol. The number of carboxylic acids is 1. The number of carbonyl (C=O) groups excluding carboxylic acids is 1. The Kier molecular flexibility index (Phi) is 7.34. The second kappa shape index (κ2) is 10.8. The van der Waals surface area contributed by atoms with Crippen molar-refractivity contribution in [3.63, 3.8) is 0 Å². The Bertz CT molecular complexity index is 1440. The lowest BCUT2D eigenvalue weighted by molar-refractivity contribution is 0.0602. The third-order valence-electron chi connectivity index (χ3n) is 7.72. The number of piperidine rings is 1. The van der Waals surface area contributed by atoms with Gasteiger partial charge in [0, 0.05) is 48.5 Å². The molecule has 1 N–H and O–H groups in total. The molecule has 38 heavy (non-hydrogen) atoms. The molecule has 1 atom stereocenters. The smallest absolute Gasteiger partial charge is 0.335 e. The van der Waals surface area contributed by atoms with E-state index in [0.717, 1.165) is 47.1 Å². The molecule has 0 bridgehead atoms. The molecular formula is C32H35N3O3. The maximum Gasteiger partial charge on any atom is 0.335 e. The van der Waals surface area contributed by atoms with E-state index in [2.05, 4.69) is 60.8 Å². The fourth-order valence-corrected chi connectivity index (χ4v) is 5.45. The standard InChI is InChI=1S/C32H35N3O3/c1-22(2)23-11-13-24(14-12-23)31(36)34-17-7-10-28(21-34)33(3)19-26-20-35(27-8-5-4-6-9-27)30-16-15-25(32(37)38)18-29(26)30/h4-6,8-9,11-16,18,20,22,28H,7,10,17,19,21H2,1-3H3,(H,37,38). The van der Waals surface area contributed by atoms with Crippen LogP contribution in [0.3, 0.4) is 0 Å². The number of likely N-dealkylation sites (N-methyl/N-ethyl adjacent to an activating group) is 1. The van der Waals surface area contributed by atoms with E-state index in [-0.39, 0.29) is 17.5 Å². The number of hydrogen-bond donors (Lipinski definition) is 1. The van der Waals surface area contributed by atoms with Crippen molar-refractivity contribution in [3.8, 4) is 5.69 Å². The predicted octanol–water partition coefficient (Wildman–Crippen LogP) is 6.19. The van der Waals surface area contributed by atoms with Gasteiger partial charge >= 0.3 is 5.97 Å². The Hall–Kier alpha value is -3.90. The summed E-state index contributed by atoms with van der Waals surface area (Å²) in [5, 5.41) is 10.5. The summed E-state index contributed by atoms with van der Waals surface area (Å²) in [4.78, 5) is 29.3. The van der Waals surface area contributed by atoms with Gasteiger partial charge in [0.1, 0.15) is 0 Å². The number of nitrogens with zero attached hydrogens (tertiary/aromatic N) is 3. The minimum atomic E-state index is -0.929. The van der Waals surface area contributed by atoms with Crippen LogP contribution < -0.4 is 0 Å². The number of fused-ring (bicyclic) bond motifs is 1. The maximum atomic E-state index is 13.3. The molecule has 0 aliphatic carbocycles. The molecule has 5 rings (SSSR count). The molecule has 1 aromatic heterocycles. The summed E-state index contributed by atoms with van der Waals surface area (Å²) in [5.41, 5.74) is 5.35. The number of rotatable bonds is 7. The summed E-state index contributed by atoms with van der Waals surface area (Å²) in [6.45, 7) is 6.42. The third-order valence-corrected chi connectivity index (χ3v) is 7.72. The number of carbonyl (C=O) groups is 2. The molecule has 1 aliphatic heterocycles. The van der Waals surface area contributed by atoms with Gasteiger partial charge in [-0.1, -0.05) is 44.2 Å². The molecule has 1 fully saturated rings. The van der Waals surface area contributed by atoms with Crippen molar-refractivity contribution < 1.29 is 14.7 Å². The molecule has 1 aliphatic rings. The van der Waals surface area contributed by atoms with Gasteiger partial charge in [-0.25, -0.2) is 4.79 Å². The molecule has 0 spiro atoms. The van der Waals surface area contributed by atoms with Crippen molar-refractivity contribution in [1.82, 2.24) is 14.4 Å². The summed E-state index contributed by atoms with van der Waals surface area (Å²) in [6, 6.07) is 23.7. The number of hydrogen-bond acceptors (Lipinski definition) is 3. The first kappa shape index (κ1) is 25.7. The molecule has 3 aromatic carbocycles. The van der Waals surface area contributed by atoms with Gasteiger partial charge in [0.15, 0.2) is 0 Å². The molecule has 1 unspecified atom stereocenters. The van der Waals surface area contributed by atoms with Gasteiger partial charge in [0.05, 0.1) is 11.1 Å². The van der Waals surface area contributed by atoms with Crippen LogP contribution in [0.4, 0.5) is 0 Å². The van der Waals surface area contributed by atoms with E-state index in [1.165, 1.54) is 5.56 Å². The Morgan fingerprint density at radius 2 is 1.71 bits per heavy atom. The number of para-hydroxylation sites is 1. The largest absolute Gasteiger partial charge is 0.478 e. The van der Waals surface area contributed by atoms with Crippen LogP contribution >= 0.6 is 0 Å². The molecule has 0 saturated carbocycles. The zero-order valence-corrected chi connectivity index (χ0v) is 22.3. The fourth-order valence-electron chi connectivity index (χ4n) is 5.45. The highest BCUT2D eigenvalue weighted by atomic mass is 16.4. The number of likely N-dealkylation sites (tertiary alicyclic amines) is 1. The molecule has 196 valence electrons. The third kappa shape index (κ3) is 5.22. The van der Waals surface area contributed by atoms with Crippen LogP contribution in [-0.2, 0) is 6.54 Å². The van der Waals surface area contributed by atoms with Crippen LogP contribution in [0.25, 0.3) is 16.6 Å². The average Bonchev–Trinajstić information content (AvgIpc) is 3.30. The lowest BCUT2D eigenvalue weighted by Gasteiger charge is -2.37. The van der Waals surface area contributed by atoms with E-state index >= 15 is 0 Å². The van der Waals surface area contributed by atoms with Crippen LogP contribution in [0, 0.1) is 0 Å². The van der Waals surface area contributed by atoms with Gasteiger partial charge in [0.2, 0.25) is 0 Å². The monoisotopic (exact) mass is 509 g/mol. The van der Waals surface area contributed by atoms with Gasteiger partial charge < -0.3 is 14.6 Å². The summed E-state index contributed by atoms with van der Waals surface area (Å²) in [7, 11) is 2.10. The Morgan fingerprint density at radius 3 is 2.39 bits per heavy atom. The Morgan fingerprint density at radius 1 is 1.00 bits per heavy atom. The van der Waals surface area contributed by atoms with Crippen molar-refractivity contribution in [2.24, 2.45) is 0 Å². The van der Waals surface area contributed by atoms with E-state index in [0.29, 0.717) is 19.0 Å². The fraction of sp³-hybridized carbons (Fsp3) is 0.312. The highest BCUT2D eigenvalue weighted by molar-refractivity contribution is 5.96.